The number of piperazine rings is 1. The normalized spacial score (nSPS) is 16.9. The summed E-state index contributed by atoms with van der Waals surface area (Å²) >= 11 is 0. The number of rotatable bonds is 7. The third-order valence-corrected chi connectivity index (χ3v) is 5.56. The van der Waals surface area contributed by atoms with Crippen LogP contribution >= 0.6 is 0 Å². The Morgan fingerprint density at radius 2 is 1.72 bits per heavy atom. The molecule has 0 unspecified atom stereocenters. The van der Waals surface area contributed by atoms with Crippen LogP contribution in [0.2, 0.25) is 0 Å². The predicted octanol–water partition coefficient (Wildman–Crippen LogP) is 2.51. The lowest BCUT2D eigenvalue weighted by atomic mass is 10.1. The van der Waals surface area contributed by atoms with E-state index in [2.05, 4.69) is 20.4 Å². The topological polar surface area (TPSA) is 53.2 Å². The van der Waals surface area contributed by atoms with Crippen LogP contribution in [0.25, 0.3) is 5.65 Å². The Hall–Kier alpha value is -2.41. The van der Waals surface area contributed by atoms with Gasteiger partial charge in [-0.05, 0) is 37.1 Å². The summed E-state index contributed by atoms with van der Waals surface area (Å²) in [6.07, 6.45) is 3.65. The molecule has 1 aliphatic heterocycles. The number of aliphatic hydroxyl groups is 1. The maximum Gasteiger partial charge on any atom is 0.137 e. The lowest BCUT2D eigenvalue weighted by molar-refractivity contribution is 0.0441. The Kier molecular flexibility index (Phi) is 6.13. The van der Waals surface area contributed by atoms with Crippen LogP contribution in [0.15, 0.2) is 48.8 Å². The van der Waals surface area contributed by atoms with E-state index in [-0.39, 0.29) is 0 Å². The predicted molar refractivity (Wildman–Crippen MR) is 114 cm³/mol. The molecule has 1 aliphatic rings. The van der Waals surface area contributed by atoms with E-state index in [0.717, 1.165) is 60.9 Å². The van der Waals surface area contributed by atoms with Gasteiger partial charge in [0.25, 0.3) is 0 Å². The van der Waals surface area contributed by atoms with Crippen molar-refractivity contribution >= 4 is 5.65 Å². The van der Waals surface area contributed by atoms with Crippen LogP contribution in [0.4, 0.5) is 0 Å². The second kappa shape index (κ2) is 8.95. The molecule has 4 rings (SSSR count). The zero-order chi connectivity index (χ0) is 20.2. The van der Waals surface area contributed by atoms with Crippen molar-refractivity contribution in [2.75, 3.05) is 39.3 Å². The molecule has 29 heavy (non-hydrogen) atoms. The van der Waals surface area contributed by atoms with E-state index in [4.69, 9.17) is 9.72 Å². The van der Waals surface area contributed by atoms with Crippen molar-refractivity contribution in [3.05, 3.63) is 65.6 Å². The molecule has 3 heterocycles. The summed E-state index contributed by atoms with van der Waals surface area (Å²) < 4.78 is 7.97. The number of imidazole rings is 1. The van der Waals surface area contributed by atoms with Gasteiger partial charge in [0.05, 0.1) is 5.69 Å². The van der Waals surface area contributed by atoms with Crippen LogP contribution < -0.4 is 4.74 Å². The quantitative estimate of drug-likeness (QED) is 0.667. The van der Waals surface area contributed by atoms with Crippen molar-refractivity contribution in [1.29, 1.82) is 0 Å². The van der Waals surface area contributed by atoms with Gasteiger partial charge in [-0.15, -0.1) is 0 Å². The van der Waals surface area contributed by atoms with Crippen LogP contribution in [0.5, 0.6) is 5.75 Å². The number of ether oxygens (including phenoxy) is 1. The van der Waals surface area contributed by atoms with Gasteiger partial charge in [0, 0.05) is 51.7 Å². The molecule has 1 saturated heterocycles. The Balaban J connectivity index is 1.22. The molecule has 1 atom stereocenters. The average Bonchev–Trinajstić information content (AvgIpc) is 3.11. The highest BCUT2D eigenvalue weighted by molar-refractivity contribution is 5.40. The maximum absolute atomic E-state index is 10.4. The third kappa shape index (κ3) is 4.96. The number of aliphatic hydroxyl groups excluding tert-OH is 1. The molecule has 1 aromatic carbocycles. The maximum atomic E-state index is 10.4. The minimum Gasteiger partial charge on any atom is -0.490 e. The summed E-state index contributed by atoms with van der Waals surface area (Å²) in [7, 11) is 0. The third-order valence-electron chi connectivity index (χ3n) is 5.56. The number of aromatic nitrogens is 2. The van der Waals surface area contributed by atoms with E-state index in [0.29, 0.717) is 13.2 Å². The van der Waals surface area contributed by atoms with Crippen molar-refractivity contribution < 1.29 is 9.84 Å². The first kappa shape index (κ1) is 19.9. The second-order valence-electron chi connectivity index (χ2n) is 7.96. The Bertz CT molecular complexity index is 894. The molecule has 1 N–H and O–H groups in total. The molecular formula is C23H30N4O2. The van der Waals surface area contributed by atoms with Crippen molar-refractivity contribution in [2.45, 2.75) is 26.5 Å². The SMILES string of the molecule is Cc1cccc(C)c1OC[C@@H](O)CN1CCN(Cc2cn3ccccc3n2)CC1. The number of β-amino-alcohol motifs (C(OH)–C–C–N with tert-alkyl or cyclic N) is 1. The highest BCUT2D eigenvalue weighted by Crippen LogP contribution is 2.22. The number of hydrogen-bond donors (Lipinski definition) is 1. The van der Waals surface area contributed by atoms with Crippen LogP contribution in [0.1, 0.15) is 16.8 Å². The zero-order valence-corrected chi connectivity index (χ0v) is 17.3. The number of hydrogen-bond acceptors (Lipinski definition) is 5. The van der Waals surface area contributed by atoms with Crippen molar-refractivity contribution in [2.24, 2.45) is 0 Å². The molecule has 6 nitrogen and oxygen atoms in total. The smallest absolute Gasteiger partial charge is 0.137 e. The van der Waals surface area contributed by atoms with Crippen molar-refractivity contribution in [3.63, 3.8) is 0 Å². The van der Waals surface area contributed by atoms with E-state index in [1.165, 1.54) is 0 Å². The fourth-order valence-corrected chi connectivity index (χ4v) is 3.98. The monoisotopic (exact) mass is 394 g/mol. The largest absolute Gasteiger partial charge is 0.490 e. The second-order valence-corrected chi connectivity index (χ2v) is 7.96. The molecular weight excluding hydrogens is 364 g/mol. The van der Waals surface area contributed by atoms with Gasteiger partial charge in [0.2, 0.25) is 0 Å². The molecule has 0 saturated carbocycles. The molecule has 0 spiro atoms. The number of para-hydroxylation sites is 1. The van der Waals surface area contributed by atoms with Gasteiger partial charge in [0.15, 0.2) is 0 Å². The highest BCUT2D eigenvalue weighted by Gasteiger charge is 2.20. The van der Waals surface area contributed by atoms with Crippen molar-refractivity contribution in [3.8, 4) is 5.75 Å². The van der Waals surface area contributed by atoms with Gasteiger partial charge in [-0.3, -0.25) is 9.80 Å². The van der Waals surface area contributed by atoms with E-state index in [9.17, 15) is 5.11 Å². The summed E-state index contributed by atoms with van der Waals surface area (Å²) in [6, 6.07) is 12.2. The number of nitrogens with zero attached hydrogens (tertiary/aromatic N) is 4. The summed E-state index contributed by atoms with van der Waals surface area (Å²) in [5.41, 5.74) is 4.32. The Morgan fingerprint density at radius 3 is 2.45 bits per heavy atom. The zero-order valence-electron chi connectivity index (χ0n) is 17.3. The van der Waals surface area contributed by atoms with Crippen molar-refractivity contribution in [1.82, 2.24) is 19.2 Å². The molecule has 2 aromatic heterocycles. The van der Waals surface area contributed by atoms with E-state index < -0.39 is 6.10 Å². The molecule has 154 valence electrons. The van der Waals surface area contributed by atoms with Gasteiger partial charge in [-0.25, -0.2) is 4.98 Å². The molecule has 1 fully saturated rings. The Morgan fingerprint density at radius 1 is 1.00 bits per heavy atom. The van der Waals surface area contributed by atoms with Gasteiger partial charge >= 0.3 is 0 Å². The van der Waals surface area contributed by atoms with Crippen LogP contribution in [-0.2, 0) is 6.54 Å². The molecule has 0 bridgehead atoms. The number of fused-ring (bicyclic) bond motifs is 1. The lowest BCUT2D eigenvalue weighted by Crippen LogP contribution is -2.48. The first-order valence-electron chi connectivity index (χ1n) is 10.3. The molecule has 3 aromatic rings. The molecule has 0 amide bonds. The minimum atomic E-state index is -0.487. The number of pyridine rings is 1. The molecule has 0 radical (unpaired) electrons. The van der Waals surface area contributed by atoms with Gasteiger partial charge in [-0.1, -0.05) is 24.3 Å². The van der Waals surface area contributed by atoms with Crippen LogP contribution in [0.3, 0.4) is 0 Å². The average molecular weight is 395 g/mol. The number of aryl methyl sites for hydroxylation is 2. The molecule has 6 heteroatoms. The fraction of sp³-hybridized carbons (Fsp3) is 0.435. The summed E-state index contributed by atoms with van der Waals surface area (Å²) in [5, 5.41) is 10.4. The molecule has 0 aliphatic carbocycles. The minimum absolute atomic E-state index is 0.327. The Labute approximate surface area is 172 Å². The van der Waals surface area contributed by atoms with Gasteiger partial charge < -0.3 is 14.2 Å². The van der Waals surface area contributed by atoms with Crippen LogP contribution in [0, 0.1) is 13.8 Å². The standard InChI is InChI=1S/C23H30N4O2/c1-18-6-5-7-19(2)23(18)29-17-21(28)16-26-12-10-25(11-13-26)14-20-15-27-9-4-3-8-22(27)24-20/h3-9,15,21,28H,10-14,16-17H2,1-2H3/t21-/m0/s1. The van der Waals surface area contributed by atoms with E-state index >= 15 is 0 Å². The van der Waals surface area contributed by atoms with E-state index in [1.54, 1.807) is 0 Å². The lowest BCUT2D eigenvalue weighted by Gasteiger charge is -2.35. The van der Waals surface area contributed by atoms with Gasteiger partial charge in [0.1, 0.15) is 24.1 Å². The number of benzene rings is 1. The summed E-state index contributed by atoms with van der Waals surface area (Å²) in [5.74, 6) is 0.892. The summed E-state index contributed by atoms with van der Waals surface area (Å²) in [4.78, 5) is 9.44. The summed E-state index contributed by atoms with van der Waals surface area (Å²) in [6.45, 7) is 9.79. The first-order valence-corrected chi connectivity index (χ1v) is 10.3. The van der Waals surface area contributed by atoms with Crippen LogP contribution in [-0.4, -0.2) is 69.7 Å². The van der Waals surface area contributed by atoms with Gasteiger partial charge in [-0.2, -0.15) is 0 Å². The first-order chi connectivity index (χ1) is 14.1. The highest BCUT2D eigenvalue weighted by atomic mass is 16.5. The van der Waals surface area contributed by atoms with E-state index in [1.807, 2.05) is 56.4 Å². The fourth-order valence-electron chi connectivity index (χ4n) is 3.98.